The van der Waals surface area contributed by atoms with Crippen molar-refractivity contribution in [3.8, 4) is 0 Å². The van der Waals surface area contributed by atoms with Crippen molar-refractivity contribution in [2.24, 2.45) is 0 Å². The Morgan fingerprint density at radius 2 is 2.32 bits per heavy atom. The average molecular weight is 259 g/mol. The SMILES string of the molecule is Cc1cc2ncc(CNCCN(C)C3CC3)cn2n1. The molecule has 2 aromatic rings. The Labute approximate surface area is 113 Å². The first kappa shape index (κ1) is 12.6. The van der Waals surface area contributed by atoms with Gasteiger partial charge in [0.25, 0.3) is 0 Å². The molecule has 0 unspecified atom stereocenters. The van der Waals surface area contributed by atoms with E-state index < -0.39 is 0 Å². The van der Waals surface area contributed by atoms with Gasteiger partial charge in [-0.05, 0) is 26.8 Å². The molecule has 1 N–H and O–H groups in total. The van der Waals surface area contributed by atoms with Gasteiger partial charge in [0, 0.05) is 49.7 Å². The van der Waals surface area contributed by atoms with Crippen LogP contribution in [0, 0.1) is 6.92 Å². The molecule has 1 aliphatic carbocycles. The number of likely N-dealkylation sites (N-methyl/N-ethyl adjacent to an activating group) is 1. The van der Waals surface area contributed by atoms with Gasteiger partial charge in [0.1, 0.15) is 0 Å². The number of fused-ring (bicyclic) bond motifs is 1. The predicted molar refractivity (Wildman–Crippen MR) is 75.1 cm³/mol. The van der Waals surface area contributed by atoms with Crippen LogP contribution in [0.3, 0.4) is 0 Å². The van der Waals surface area contributed by atoms with Gasteiger partial charge in [-0.2, -0.15) is 5.10 Å². The van der Waals surface area contributed by atoms with Crippen LogP contribution in [0.15, 0.2) is 18.5 Å². The summed E-state index contributed by atoms with van der Waals surface area (Å²) in [5.41, 5.74) is 3.09. The van der Waals surface area contributed by atoms with Crippen LogP contribution in [0.1, 0.15) is 24.1 Å². The van der Waals surface area contributed by atoms with Gasteiger partial charge in [0.2, 0.25) is 0 Å². The molecule has 1 aliphatic rings. The standard InChI is InChI=1S/C14H21N5/c1-11-7-14-16-9-12(10-19(14)17-11)8-15-5-6-18(2)13-3-4-13/h7,9-10,13,15H,3-6,8H2,1-2H3. The molecule has 2 heterocycles. The summed E-state index contributed by atoms with van der Waals surface area (Å²) in [5.74, 6) is 0. The van der Waals surface area contributed by atoms with E-state index in [0.717, 1.165) is 37.0 Å². The fourth-order valence-electron chi connectivity index (χ4n) is 2.31. The van der Waals surface area contributed by atoms with Crippen LogP contribution in [-0.4, -0.2) is 45.7 Å². The Hall–Kier alpha value is -1.46. The average Bonchev–Trinajstić information content (AvgIpc) is 3.16. The molecule has 0 saturated heterocycles. The Kier molecular flexibility index (Phi) is 3.48. The summed E-state index contributed by atoms with van der Waals surface area (Å²) in [6, 6.07) is 2.83. The highest BCUT2D eigenvalue weighted by atomic mass is 15.2. The highest BCUT2D eigenvalue weighted by Gasteiger charge is 2.25. The van der Waals surface area contributed by atoms with Gasteiger partial charge in [0.05, 0.1) is 5.69 Å². The molecular formula is C14H21N5. The topological polar surface area (TPSA) is 45.5 Å². The molecule has 1 saturated carbocycles. The normalized spacial score (nSPS) is 15.5. The number of hydrogen-bond acceptors (Lipinski definition) is 4. The summed E-state index contributed by atoms with van der Waals surface area (Å²) in [6.45, 7) is 4.96. The molecule has 5 nitrogen and oxygen atoms in total. The Morgan fingerprint density at radius 3 is 3.11 bits per heavy atom. The molecule has 0 spiro atoms. The first-order valence-electron chi connectivity index (χ1n) is 6.94. The lowest BCUT2D eigenvalue weighted by Gasteiger charge is -2.15. The van der Waals surface area contributed by atoms with E-state index in [2.05, 4.69) is 27.3 Å². The maximum Gasteiger partial charge on any atom is 0.155 e. The zero-order valence-corrected chi connectivity index (χ0v) is 11.6. The van der Waals surface area contributed by atoms with Crippen molar-refractivity contribution < 1.29 is 0 Å². The first-order valence-corrected chi connectivity index (χ1v) is 6.94. The second-order valence-corrected chi connectivity index (χ2v) is 5.44. The first-order chi connectivity index (χ1) is 9.22. The van der Waals surface area contributed by atoms with Gasteiger partial charge >= 0.3 is 0 Å². The van der Waals surface area contributed by atoms with E-state index in [1.807, 2.05) is 29.9 Å². The molecule has 102 valence electrons. The lowest BCUT2D eigenvalue weighted by atomic mass is 10.3. The van der Waals surface area contributed by atoms with Crippen molar-refractivity contribution in [1.29, 1.82) is 0 Å². The highest BCUT2D eigenvalue weighted by molar-refractivity contribution is 5.38. The third kappa shape index (κ3) is 3.11. The van der Waals surface area contributed by atoms with Crippen molar-refractivity contribution in [2.45, 2.75) is 32.4 Å². The molecule has 5 heteroatoms. The Morgan fingerprint density at radius 1 is 1.47 bits per heavy atom. The van der Waals surface area contributed by atoms with Crippen LogP contribution in [0.25, 0.3) is 5.65 Å². The van der Waals surface area contributed by atoms with Crippen LogP contribution < -0.4 is 5.32 Å². The smallest absolute Gasteiger partial charge is 0.155 e. The van der Waals surface area contributed by atoms with Crippen LogP contribution in [0.4, 0.5) is 0 Å². The highest BCUT2D eigenvalue weighted by Crippen LogP contribution is 2.24. The quantitative estimate of drug-likeness (QED) is 0.792. The van der Waals surface area contributed by atoms with Gasteiger partial charge in [-0.3, -0.25) is 0 Å². The van der Waals surface area contributed by atoms with Crippen LogP contribution in [0.2, 0.25) is 0 Å². The molecule has 0 amide bonds. The monoisotopic (exact) mass is 259 g/mol. The zero-order valence-electron chi connectivity index (χ0n) is 11.6. The third-order valence-corrected chi connectivity index (χ3v) is 3.63. The summed E-state index contributed by atoms with van der Waals surface area (Å²) in [5, 5.41) is 7.84. The number of nitrogens with zero attached hydrogens (tertiary/aromatic N) is 4. The minimum Gasteiger partial charge on any atom is -0.311 e. The fourth-order valence-corrected chi connectivity index (χ4v) is 2.31. The van der Waals surface area contributed by atoms with E-state index in [9.17, 15) is 0 Å². The molecule has 0 aliphatic heterocycles. The molecule has 0 atom stereocenters. The van der Waals surface area contributed by atoms with Gasteiger partial charge in [-0.25, -0.2) is 9.50 Å². The third-order valence-electron chi connectivity index (χ3n) is 3.63. The number of rotatable bonds is 6. The summed E-state index contributed by atoms with van der Waals surface area (Å²) >= 11 is 0. The molecule has 3 rings (SSSR count). The Balaban J connectivity index is 1.50. The second kappa shape index (κ2) is 5.27. The van der Waals surface area contributed by atoms with Crippen molar-refractivity contribution in [3.05, 3.63) is 29.7 Å². The fraction of sp³-hybridized carbons (Fsp3) is 0.571. The molecule has 2 aromatic heterocycles. The van der Waals surface area contributed by atoms with Crippen LogP contribution >= 0.6 is 0 Å². The summed E-state index contributed by atoms with van der Waals surface area (Å²) in [4.78, 5) is 6.84. The minimum atomic E-state index is 0.840. The maximum absolute atomic E-state index is 4.40. The van der Waals surface area contributed by atoms with Crippen molar-refractivity contribution in [3.63, 3.8) is 0 Å². The molecular weight excluding hydrogens is 238 g/mol. The van der Waals surface area contributed by atoms with E-state index >= 15 is 0 Å². The van der Waals surface area contributed by atoms with Crippen molar-refractivity contribution >= 4 is 5.65 Å². The summed E-state index contributed by atoms with van der Waals surface area (Å²) < 4.78 is 1.85. The van der Waals surface area contributed by atoms with E-state index in [1.54, 1.807) is 0 Å². The van der Waals surface area contributed by atoms with Crippen LogP contribution in [0.5, 0.6) is 0 Å². The molecule has 19 heavy (non-hydrogen) atoms. The summed E-state index contributed by atoms with van der Waals surface area (Å²) in [7, 11) is 2.21. The Bertz CT molecular complexity index is 558. The lowest BCUT2D eigenvalue weighted by molar-refractivity contribution is 0.321. The number of hydrogen-bond donors (Lipinski definition) is 1. The predicted octanol–water partition coefficient (Wildman–Crippen LogP) is 1.22. The largest absolute Gasteiger partial charge is 0.311 e. The molecule has 0 bridgehead atoms. The second-order valence-electron chi connectivity index (χ2n) is 5.44. The molecule has 0 aromatic carbocycles. The maximum atomic E-state index is 4.40. The minimum absolute atomic E-state index is 0.840. The van der Waals surface area contributed by atoms with E-state index in [-0.39, 0.29) is 0 Å². The van der Waals surface area contributed by atoms with Crippen LogP contribution in [-0.2, 0) is 6.54 Å². The zero-order chi connectivity index (χ0) is 13.2. The number of aromatic nitrogens is 3. The van der Waals surface area contributed by atoms with Gasteiger partial charge < -0.3 is 10.2 Å². The van der Waals surface area contributed by atoms with E-state index in [4.69, 9.17) is 0 Å². The number of aryl methyl sites for hydroxylation is 1. The van der Waals surface area contributed by atoms with Gasteiger partial charge in [0.15, 0.2) is 5.65 Å². The lowest BCUT2D eigenvalue weighted by Crippen LogP contribution is -2.30. The van der Waals surface area contributed by atoms with Crippen molar-refractivity contribution in [2.75, 3.05) is 20.1 Å². The van der Waals surface area contributed by atoms with Gasteiger partial charge in [-0.1, -0.05) is 0 Å². The van der Waals surface area contributed by atoms with Crippen molar-refractivity contribution in [1.82, 2.24) is 24.8 Å². The van der Waals surface area contributed by atoms with E-state index in [1.165, 1.54) is 18.4 Å². The molecule has 0 radical (unpaired) electrons. The van der Waals surface area contributed by atoms with Gasteiger partial charge in [-0.15, -0.1) is 0 Å². The molecule has 1 fully saturated rings. The van der Waals surface area contributed by atoms with E-state index in [0.29, 0.717) is 0 Å². The number of nitrogens with one attached hydrogen (secondary N) is 1. The summed E-state index contributed by atoms with van der Waals surface area (Å²) in [6.07, 6.45) is 6.71.